The number of nitrogens with zero attached hydrogens (tertiary/aromatic N) is 3. The van der Waals surface area contributed by atoms with Gasteiger partial charge in [-0.1, -0.05) is 60.7 Å². The second-order valence-electron chi connectivity index (χ2n) is 7.34. The predicted octanol–water partition coefficient (Wildman–Crippen LogP) is 3.97. The Morgan fingerprint density at radius 3 is 2.42 bits per heavy atom. The smallest absolute Gasteiger partial charge is 0.390 e. The van der Waals surface area contributed by atoms with Crippen LogP contribution < -0.4 is 14.6 Å². The van der Waals surface area contributed by atoms with Crippen molar-refractivity contribution in [1.82, 2.24) is 25.9 Å². The van der Waals surface area contributed by atoms with E-state index in [-0.39, 0.29) is 6.29 Å². The molecule has 0 spiro atoms. The second kappa shape index (κ2) is 10.4. The molecule has 0 radical (unpaired) electrons. The lowest BCUT2D eigenvalue weighted by Crippen LogP contribution is -2.26. The van der Waals surface area contributed by atoms with Crippen LogP contribution in [0.25, 0.3) is 11.1 Å². The molecule has 1 unspecified atom stereocenters. The molecule has 9 nitrogen and oxygen atoms in total. The van der Waals surface area contributed by atoms with Crippen molar-refractivity contribution in [2.24, 2.45) is 0 Å². The van der Waals surface area contributed by atoms with E-state index in [1.807, 2.05) is 48.5 Å². The first-order valence-electron chi connectivity index (χ1n) is 10.3. The number of tetrazole rings is 1. The van der Waals surface area contributed by atoms with Gasteiger partial charge in [-0.25, -0.2) is 9.66 Å². The third kappa shape index (κ3) is 6.04. The van der Waals surface area contributed by atoms with Crippen LogP contribution in [-0.4, -0.2) is 38.9 Å². The molecular weight excluding hydrogens is 441 g/mol. The summed E-state index contributed by atoms with van der Waals surface area (Å²) in [5.74, 6) is 1.45. The van der Waals surface area contributed by atoms with Gasteiger partial charge in [-0.3, -0.25) is 5.32 Å². The molecule has 4 rings (SSSR count). The minimum Gasteiger partial charge on any atom is -0.496 e. The van der Waals surface area contributed by atoms with Crippen molar-refractivity contribution in [1.29, 1.82) is 0 Å². The number of nitrogens with one attached hydrogen (secondary N) is 2. The van der Waals surface area contributed by atoms with Gasteiger partial charge in [0, 0.05) is 0 Å². The van der Waals surface area contributed by atoms with Gasteiger partial charge in [0.2, 0.25) is 0 Å². The van der Waals surface area contributed by atoms with Crippen molar-refractivity contribution in [3.8, 4) is 22.6 Å². The first kappa shape index (κ1) is 22.7. The molecule has 1 heterocycles. The van der Waals surface area contributed by atoms with E-state index < -0.39 is 13.6 Å². The van der Waals surface area contributed by atoms with E-state index in [2.05, 4.69) is 25.9 Å². The standard InChI is InChI=1S/C23H24N5O4P/c1-31-22-15-18(17-8-4-2-5-9-17)12-13-19(22)14-21(23-25-27-28-26-23)24-16-33(29,30)32-20-10-6-3-7-11-20/h2-13,15,21,24H,14,16H2,1H3,(H,29,30)(H,25,26,27,28)/t21-/m0/s1. The number of ether oxygens (including phenoxy) is 1. The summed E-state index contributed by atoms with van der Waals surface area (Å²) >= 11 is 0. The third-order valence-electron chi connectivity index (χ3n) is 5.04. The van der Waals surface area contributed by atoms with Gasteiger partial charge in [-0.05, 0) is 51.7 Å². The number of aromatic nitrogens is 4. The first-order valence-corrected chi connectivity index (χ1v) is 12.1. The van der Waals surface area contributed by atoms with E-state index in [4.69, 9.17) is 9.26 Å². The summed E-state index contributed by atoms with van der Waals surface area (Å²) in [6.07, 6.45) is 0.123. The zero-order valence-corrected chi connectivity index (χ0v) is 18.9. The van der Waals surface area contributed by atoms with E-state index in [1.54, 1.807) is 37.4 Å². The van der Waals surface area contributed by atoms with Gasteiger partial charge in [0.25, 0.3) is 0 Å². The number of benzene rings is 3. The van der Waals surface area contributed by atoms with E-state index in [1.165, 1.54) is 0 Å². The Kier molecular flexibility index (Phi) is 7.14. The quantitative estimate of drug-likeness (QED) is 0.301. The zero-order chi connectivity index (χ0) is 23.1. The summed E-state index contributed by atoms with van der Waals surface area (Å²) in [4.78, 5) is 10.3. The molecule has 0 saturated carbocycles. The van der Waals surface area contributed by atoms with Crippen LogP contribution >= 0.6 is 7.60 Å². The van der Waals surface area contributed by atoms with E-state index in [9.17, 15) is 9.46 Å². The van der Waals surface area contributed by atoms with Gasteiger partial charge in [-0.2, -0.15) is 0 Å². The molecule has 2 atom stereocenters. The molecule has 0 saturated heterocycles. The van der Waals surface area contributed by atoms with Crippen molar-refractivity contribution in [3.63, 3.8) is 0 Å². The molecule has 0 aliphatic rings. The topological polar surface area (TPSA) is 122 Å². The average Bonchev–Trinajstić information content (AvgIpc) is 3.37. The second-order valence-corrected chi connectivity index (χ2v) is 9.11. The van der Waals surface area contributed by atoms with E-state index >= 15 is 0 Å². The van der Waals surface area contributed by atoms with Gasteiger partial charge in [0.05, 0.1) is 13.2 Å². The highest BCUT2D eigenvalue weighted by molar-refractivity contribution is 7.53. The highest BCUT2D eigenvalue weighted by Crippen LogP contribution is 2.42. The van der Waals surface area contributed by atoms with E-state index in [0.29, 0.717) is 23.7 Å². The summed E-state index contributed by atoms with van der Waals surface area (Å²) in [6, 6.07) is 24.0. The molecule has 10 heteroatoms. The SMILES string of the molecule is COc1cc(-c2ccccc2)ccc1C[C@H](NCP(=O)(O)Oc1ccccc1)c1nnn[nH]1. The molecule has 3 aromatic carbocycles. The van der Waals surface area contributed by atoms with Gasteiger partial charge >= 0.3 is 7.60 Å². The Balaban J connectivity index is 1.52. The van der Waals surface area contributed by atoms with Gasteiger partial charge in [0.1, 0.15) is 17.8 Å². The third-order valence-corrected chi connectivity index (χ3v) is 6.12. The molecule has 0 fully saturated rings. The molecule has 0 aliphatic carbocycles. The molecule has 4 aromatic rings. The molecule has 0 amide bonds. The Hall–Kier alpha value is -3.52. The van der Waals surface area contributed by atoms with E-state index in [0.717, 1.165) is 16.7 Å². The molecular formula is C23H24N5O4P. The summed E-state index contributed by atoms with van der Waals surface area (Å²) in [5, 5.41) is 17.1. The maximum atomic E-state index is 12.6. The number of methoxy groups -OCH3 is 1. The number of H-pyrrole nitrogens is 1. The summed E-state index contributed by atoms with van der Waals surface area (Å²) < 4.78 is 23.5. The van der Waals surface area contributed by atoms with Crippen LogP contribution in [0.5, 0.6) is 11.5 Å². The molecule has 0 bridgehead atoms. The first-order chi connectivity index (χ1) is 16.0. The van der Waals surface area contributed by atoms with Crippen LogP contribution in [0, 0.1) is 0 Å². The predicted molar refractivity (Wildman–Crippen MR) is 124 cm³/mol. The van der Waals surface area contributed by atoms with Gasteiger partial charge in [-0.15, -0.1) is 5.10 Å². The van der Waals surface area contributed by atoms with Crippen molar-refractivity contribution in [3.05, 3.63) is 90.3 Å². The van der Waals surface area contributed by atoms with Crippen molar-refractivity contribution < 1.29 is 18.7 Å². The average molecular weight is 465 g/mol. The fourth-order valence-electron chi connectivity index (χ4n) is 3.43. The lowest BCUT2D eigenvalue weighted by molar-refractivity contribution is 0.367. The summed E-state index contributed by atoms with van der Waals surface area (Å²) in [6.45, 7) is 0. The number of rotatable bonds is 10. The molecule has 170 valence electrons. The minimum absolute atomic E-state index is 0.294. The maximum Gasteiger partial charge on any atom is 0.390 e. The fraction of sp³-hybridized carbons (Fsp3) is 0.174. The number of aromatic amines is 1. The largest absolute Gasteiger partial charge is 0.496 e. The fourth-order valence-corrected chi connectivity index (χ4v) is 4.39. The van der Waals surface area contributed by atoms with Crippen molar-refractivity contribution in [2.45, 2.75) is 12.5 Å². The van der Waals surface area contributed by atoms with Gasteiger partial charge < -0.3 is 14.2 Å². The lowest BCUT2D eigenvalue weighted by Gasteiger charge is -2.20. The number of hydrogen-bond donors (Lipinski definition) is 3. The highest BCUT2D eigenvalue weighted by atomic mass is 31.2. The van der Waals surface area contributed by atoms with Crippen LogP contribution in [0.4, 0.5) is 0 Å². The Labute approximate surface area is 191 Å². The van der Waals surface area contributed by atoms with Crippen molar-refractivity contribution in [2.75, 3.05) is 13.4 Å². The Morgan fingerprint density at radius 2 is 1.76 bits per heavy atom. The van der Waals surface area contributed by atoms with Crippen LogP contribution in [0.3, 0.4) is 0 Å². The molecule has 1 aromatic heterocycles. The maximum absolute atomic E-state index is 12.6. The van der Waals surface area contributed by atoms with Crippen LogP contribution in [0.2, 0.25) is 0 Å². The number of hydrogen-bond acceptors (Lipinski definition) is 7. The summed E-state index contributed by atoms with van der Waals surface area (Å²) in [5.41, 5.74) is 3.00. The van der Waals surface area contributed by atoms with Crippen LogP contribution in [-0.2, 0) is 11.0 Å². The Bertz CT molecular complexity index is 1210. The summed E-state index contributed by atoms with van der Waals surface area (Å²) in [7, 11) is -2.35. The monoisotopic (exact) mass is 465 g/mol. The Morgan fingerprint density at radius 1 is 1.03 bits per heavy atom. The van der Waals surface area contributed by atoms with Gasteiger partial charge in [0.15, 0.2) is 5.82 Å². The normalized spacial score (nSPS) is 13.8. The molecule has 0 aliphatic heterocycles. The molecule has 33 heavy (non-hydrogen) atoms. The zero-order valence-electron chi connectivity index (χ0n) is 18.0. The minimum atomic E-state index is -3.97. The van der Waals surface area contributed by atoms with Crippen LogP contribution in [0.15, 0.2) is 78.9 Å². The lowest BCUT2D eigenvalue weighted by atomic mass is 9.99. The highest BCUT2D eigenvalue weighted by Gasteiger charge is 2.26. The van der Waals surface area contributed by atoms with Crippen LogP contribution in [0.1, 0.15) is 17.4 Å². The molecule has 3 N–H and O–H groups in total. The number of para-hydroxylation sites is 1. The van der Waals surface area contributed by atoms with Crippen molar-refractivity contribution >= 4 is 7.60 Å².